The van der Waals surface area contributed by atoms with E-state index in [0.29, 0.717) is 5.25 Å². The van der Waals surface area contributed by atoms with Crippen molar-refractivity contribution in [2.75, 3.05) is 17.3 Å². The summed E-state index contributed by atoms with van der Waals surface area (Å²) in [6, 6.07) is 0. The highest BCUT2D eigenvalue weighted by Gasteiger charge is 2.25. The molecular formula is C14H28OS2. The summed E-state index contributed by atoms with van der Waals surface area (Å²) in [5, 5.41) is 10.2. The van der Waals surface area contributed by atoms with Gasteiger partial charge in [0.2, 0.25) is 0 Å². The van der Waals surface area contributed by atoms with E-state index in [2.05, 4.69) is 6.92 Å². The average Bonchev–Trinajstić information content (AvgIpc) is 2.73. The molecule has 1 fully saturated rings. The molecule has 0 bridgehead atoms. The van der Waals surface area contributed by atoms with E-state index in [9.17, 15) is 5.11 Å². The van der Waals surface area contributed by atoms with Crippen molar-refractivity contribution in [3.05, 3.63) is 0 Å². The largest absolute Gasteiger partial charge is 0.391 e. The number of hydrogen-bond acceptors (Lipinski definition) is 3. The lowest BCUT2D eigenvalue weighted by Gasteiger charge is -2.12. The predicted molar refractivity (Wildman–Crippen MR) is 82.2 cm³/mol. The van der Waals surface area contributed by atoms with Gasteiger partial charge in [0.05, 0.1) is 6.10 Å². The molecule has 3 heteroatoms. The Bertz CT molecular complexity index is 176. The van der Waals surface area contributed by atoms with Gasteiger partial charge in [0.25, 0.3) is 0 Å². The molecule has 0 aliphatic carbocycles. The highest BCUT2D eigenvalue weighted by molar-refractivity contribution is 8.04. The van der Waals surface area contributed by atoms with Crippen molar-refractivity contribution < 1.29 is 5.11 Å². The van der Waals surface area contributed by atoms with Gasteiger partial charge in [-0.3, -0.25) is 0 Å². The third-order valence-corrected chi connectivity index (χ3v) is 6.15. The van der Waals surface area contributed by atoms with Crippen molar-refractivity contribution in [3.63, 3.8) is 0 Å². The van der Waals surface area contributed by atoms with Crippen LogP contribution in [0.4, 0.5) is 0 Å². The molecule has 1 saturated heterocycles. The minimum atomic E-state index is -0.0426. The first-order valence-corrected chi connectivity index (χ1v) is 9.42. The second kappa shape index (κ2) is 10.6. The van der Waals surface area contributed by atoms with Crippen LogP contribution in [0.2, 0.25) is 0 Å². The molecule has 0 spiro atoms. The molecule has 2 atom stereocenters. The summed E-state index contributed by atoms with van der Waals surface area (Å²) in [5.41, 5.74) is 0. The molecule has 2 unspecified atom stereocenters. The second-order valence-corrected chi connectivity index (χ2v) is 7.41. The molecule has 0 aromatic rings. The average molecular weight is 277 g/mol. The van der Waals surface area contributed by atoms with Crippen LogP contribution < -0.4 is 0 Å². The Labute approximate surface area is 116 Å². The van der Waals surface area contributed by atoms with Gasteiger partial charge in [-0.25, -0.2) is 0 Å². The van der Waals surface area contributed by atoms with Crippen molar-refractivity contribution in [1.82, 2.24) is 0 Å². The Morgan fingerprint density at radius 1 is 1.00 bits per heavy atom. The van der Waals surface area contributed by atoms with E-state index in [1.54, 1.807) is 0 Å². The van der Waals surface area contributed by atoms with Gasteiger partial charge < -0.3 is 5.11 Å². The van der Waals surface area contributed by atoms with Crippen molar-refractivity contribution >= 4 is 23.5 Å². The molecule has 0 amide bonds. The minimum Gasteiger partial charge on any atom is -0.391 e. The standard InChI is InChI=1S/C14H28OS2/c1-2-3-4-5-6-7-8-9-10-17-14-12-16-11-13(14)15/h13-15H,2-12H2,1H3. The SMILES string of the molecule is CCCCCCCCCCSC1CSCC1O. The Morgan fingerprint density at radius 3 is 2.24 bits per heavy atom. The Kier molecular flexibility index (Phi) is 9.77. The molecule has 1 aliphatic rings. The first-order valence-electron chi connectivity index (χ1n) is 7.22. The summed E-state index contributed by atoms with van der Waals surface area (Å²) in [6.07, 6.45) is 11.1. The van der Waals surface area contributed by atoms with E-state index in [-0.39, 0.29) is 6.10 Å². The van der Waals surface area contributed by atoms with Crippen LogP contribution in [0, 0.1) is 0 Å². The summed E-state index contributed by atoms with van der Waals surface area (Å²) >= 11 is 3.89. The Balaban J connectivity index is 1.78. The molecular weight excluding hydrogens is 248 g/mol. The van der Waals surface area contributed by atoms with Gasteiger partial charge in [-0.1, -0.05) is 51.9 Å². The number of aliphatic hydroxyl groups excluding tert-OH is 1. The Morgan fingerprint density at radius 2 is 1.65 bits per heavy atom. The summed E-state index contributed by atoms with van der Waals surface area (Å²) < 4.78 is 0. The van der Waals surface area contributed by atoms with Gasteiger partial charge in [0.15, 0.2) is 0 Å². The predicted octanol–water partition coefficient (Wildman–Crippen LogP) is 4.34. The Hall–Kier alpha value is 0.660. The van der Waals surface area contributed by atoms with Crippen molar-refractivity contribution in [2.45, 2.75) is 69.6 Å². The molecule has 0 radical (unpaired) electrons. The van der Waals surface area contributed by atoms with E-state index in [4.69, 9.17) is 0 Å². The smallest absolute Gasteiger partial charge is 0.0757 e. The molecule has 1 aliphatic heterocycles. The van der Waals surface area contributed by atoms with Gasteiger partial charge in [-0.05, 0) is 12.2 Å². The minimum absolute atomic E-state index is 0.0426. The van der Waals surface area contributed by atoms with Crippen molar-refractivity contribution in [1.29, 1.82) is 0 Å². The van der Waals surface area contributed by atoms with E-state index >= 15 is 0 Å². The lowest BCUT2D eigenvalue weighted by atomic mass is 10.1. The summed E-state index contributed by atoms with van der Waals surface area (Å²) in [5.74, 6) is 3.36. The number of unbranched alkanes of at least 4 members (excludes halogenated alkanes) is 7. The molecule has 0 saturated carbocycles. The van der Waals surface area contributed by atoms with Crippen LogP contribution in [-0.4, -0.2) is 33.7 Å². The normalized spacial score (nSPS) is 24.4. The third kappa shape index (κ3) is 7.63. The van der Waals surface area contributed by atoms with Crippen molar-refractivity contribution in [3.8, 4) is 0 Å². The van der Waals surface area contributed by atoms with Crippen LogP contribution in [0.5, 0.6) is 0 Å². The molecule has 0 aromatic heterocycles. The van der Waals surface area contributed by atoms with Gasteiger partial charge in [-0.15, -0.1) is 0 Å². The van der Waals surface area contributed by atoms with Crippen LogP contribution in [0.25, 0.3) is 0 Å². The molecule has 1 N–H and O–H groups in total. The van der Waals surface area contributed by atoms with E-state index < -0.39 is 0 Å². The summed E-state index contributed by atoms with van der Waals surface area (Å²) in [7, 11) is 0. The maximum atomic E-state index is 9.67. The third-order valence-electron chi connectivity index (χ3n) is 3.33. The topological polar surface area (TPSA) is 20.2 Å². The van der Waals surface area contributed by atoms with Crippen LogP contribution in [-0.2, 0) is 0 Å². The lowest BCUT2D eigenvalue weighted by molar-refractivity contribution is 0.208. The van der Waals surface area contributed by atoms with E-state index in [1.807, 2.05) is 23.5 Å². The fourth-order valence-electron chi connectivity index (χ4n) is 2.15. The van der Waals surface area contributed by atoms with Gasteiger partial charge in [0, 0.05) is 16.8 Å². The number of hydrogen-bond donors (Lipinski definition) is 1. The molecule has 1 heterocycles. The number of rotatable bonds is 10. The van der Waals surface area contributed by atoms with Crippen LogP contribution >= 0.6 is 23.5 Å². The fourth-order valence-corrected chi connectivity index (χ4v) is 5.00. The van der Waals surface area contributed by atoms with Gasteiger partial charge in [0.1, 0.15) is 0 Å². The molecule has 1 rings (SSSR count). The first-order chi connectivity index (χ1) is 8.34. The van der Waals surface area contributed by atoms with Crippen molar-refractivity contribution in [2.24, 2.45) is 0 Å². The number of aliphatic hydroxyl groups is 1. The maximum absolute atomic E-state index is 9.67. The lowest BCUT2D eigenvalue weighted by Crippen LogP contribution is -2.20. The van der Waals surface area contributed by atoms with Gasteiger partial charge >= 0.3 is 0 Å². The zero-order chi connectivity index (χ0) is 12.3. The van der Waals surface area contributed by atoms with Crippen LogP contribution in [0.3, 0.4) is 0 Å². The highest BCUT2D eigenvalue weighted by Crippen LogP contribution is 2.29. The van der Waals surface area contributed by atoms with Crippen LogP contribution in [0.15, 0.2) is 0 Å². The maximum Gasteiger partial charge on any atom is 0.0757 e. The second-order valence-electron chi connectivity index (χ2n) is 4.99. The zero-order valence-corrected chi connectivity index (χ0v) is 12.8. The van der Waals surface area contributed by atoms with E-state index in [0.717, 1.165) is 11.5 Å². The first kappa shape index (κ1) is 15.7. The number of thioether (sulfide) groups is 2. The summed E-state index contributed by atoms with van der Waals surface area (Å²) in [4.78, 5) is 0. The monoisotopic (exact) mass is 276 g/mol. The molecule has 17 heavy (non-hydrogen) atoms. The summed E-state index contributed by atoms with van der Waals surface area (Å²) in [6.45, 7) is 2.27. The van der Waals surface area contributed by atoms with Gasteiger partial charge in [-0.2, -0.15) is 23.5 Å². The zero-order valence-electron chi connectivity index (χ0n) is 11.2. The molecule has 1 nitrogen and oxygen atoms in total. The fraction of sp³-hybridized carbons (Fsp3) is 1.00. The molecule has 0 aromatic carbocycles. The quantitative estimate of drug-likeness (QED) is 0.600. The van der Waals surface area contributed by atoms with Crippen LogP contribution in [0.1, 0.15) is 58.3 Å². The molecule has 102 valence electrons. The van der Waals surface area contributed by atoms with E-state index in [1.165, 1.54) is 57.1 Å². The highest BCUT2D eigenvalue weighted by atomic mass is 32.2.